The van der Waals surface area contributed by atoms with Gasteiger partial charge >= 0.3 is 0 Å². The van der Waals surface area contributed by atoms with Gasteiger partial charge in [0.2, 0.25) is 0 Å². The van der Waals surface area contributed by atoms with Crippen molar-refractivity contribution in [3.8, 4) is 0 Å². The van der Waals surface area contributed by atoms with Crippen LogP contribution in [0.2, 0.25) is 5.02 Å². The Bertz CT molecular complexity index is 720. The molecule has 172 valence electrons. The zero-order valence-corrected chi connectivity index (χ0v) is 19.8. The van der Waals surface area contributed by atoms with Crippen molar-refractivity contribution in [2.45, 2.75) is 75.3 Å². The standard InChI is InChI=1S/C25H39ClN4O/c1-27-24(29-20-11-15-30(16-12-20)21-7-3-2-4-8-21)28-19-25(13-17-31-18-14-25)22-9-5-6-10-23(22)26/h5-6,9-10,20-21H,2-4,7-8,11-19H2,1H3,(H2,27,28,29). The maximum atomic E-state index is 6.61. The summed E-state index contributed by atoms with van der Waals surface area (Å²) in [6, 6.07) is 9.60. The Morgan fingerprint density at radius 2 is 1.81 bits per heavy atom. The summed E-state index contributed by atoms with van der Waals surface area (Å²) in [5.74, 6) is 0.911. The maximum absolute atomic E-state index is 6.61. The molecule has 0 amide bonds. The van der Waals surface area contributed by atoms with Crippen molar-refractivity contribution in [3.05, 3.63) is 34.9 Å². The fraction of sp³-hybridized carbons (Fsp3) is 0.720. The van der Waals surface area contributed by atoms with E-state index >= 15 is 0 Å². The Balaban J connectivity index is 1.32. The third-order valence-corrected chi connectivity index (χ3v) is 8.00. The predicted molar refractivity (Wildman–Crippen MR) is 129 cm³/mol. The first-order valence-electron chi connectivity index (χ1n) is 12.2. The van der Waals surface area contributed by atoms with Gasteiger partial charge in [-0.2, -0.15) is 0 Å². The lowest BCUT2D eigenvalue weighted by Crippen LogP contribution is -2.53. The third-order valence-electron chi connectivity index (χ3n) is 7.67. The number of hydrogen-bond donors (Lipinski definition) is 2. The van der Waals surface area contributed by atoms with Crippen LogP contribution in [0.25, 0.3) is 0 Å². The van der Waals surface area contributed by atoms with Crippen LogP contribution in [0.3, 0.4) is 0 Å². The zero-order valence-electron chi connectivity index (χ0n) is 19.0. The molecule has 1 saturated carbocycles. The van der Waals surface area contributed by atoms with Gasteiger partial charge < -0.3 is 20.3 Å². The number of likely N-dealkylation sites (tertiary alicyclic amines) is 1. The lowest BCUT2D eigenvalue weighted by Gasteiger charge is -2.40. The fourth-order valence-corrected chi connectivity index (χ4v) is 6.03. The van der Waals surface area contributed by atoms with E-state index < -0.39 is 0 Å². The summed E-state index contributed by atoms with van der Waals surface area (Å²) in [6.07, 6.45) is 11.4. The zero-order chi connectivity index (χ0) is 21.5. The van der Waals surface area contributed by atoms with Crippen LogP contribution < -0.4 is 10.6 Å². The van der Waals surface area contributed by atoms with E-state index in [2.05, 4.69) is 32.7 Å². The number of benzene rings is 1. The second-order valence-corrected chi connectivity index (χ2v) is 9.95. The number of ether oxygens (including phenoxy) is 1. The highest BCUT2D eigenvalue weighted by atomic mass is 35.5. The molecule has 31 heavy (non-hydrogen) atoms. The first-order chi connectivity index (χ1) is 15.2. The van der Waals surface area contributed by atoms with E-state index in [0.717, 1.165) is 49.6 Å². The molecule has 1 aliphatic carbocycles. The van der Waals surface area contributed by atoms with Gasteiger partial charge in [-0.3, -0.25) is 4.99 Å². The largest absolute Gasteiger partial charge is 0.381 e. The van der Waals surface area contributed by atoms with Gasteiger partial charge in [0.1, 0.15) is 0 Å². The van der Waals surface area contributed by atoms with Crippen molar-refractivity contribution in [1.82, 2.24) is 15.5 Å². The smallest absolute Gasteiger partial charge is 0.191 e. The average Bonchev–Trinajstić information content (AvgIpc) is 2.83. The molecule has 0 radical (unpaired) electrons. The minimum Gasteiger partial charge on any atom is -0.381 e. The first kappa shape index (κ1) is 22.9. The van der Waals surface area contributed by atoms with E-state index in [-0.39, 0.29) is 5.41 Å². The number of nitrogens with one attached hydrogen (secondary N) is 2. The Morgan fingerprint density at radius 1 is 1.10 bits per heavy atom. The summed E-state index contributed by atoms with van der Waals surface area (Å²) in [4.78, 5) is 7.28. The lowest BCUT2D eigenvalue weighted by atomic mass is 9.74. The van der Waals surface area contributed by atoms with Crippen molar-refractivity contribution in [3.63, 3.8) is 0 Å². The Hall–Kier alpha value is -1.30. The molecule has 2 saturated heterocycles. The number of rotatable bonds is 5. The third kappa shape index (κ3) is 5.74. The average molecular weight is 447 g/mol. The maximum Gasteiger partial charge on any atom is 0.191 e. The van der Waals surface area contributed by atoms with Gasteiger partial charge in [0.15, 0.2) is 5.96 Å². The second-order valence-electron chi connectivity index (χ2n) is 9.54. The van der Waals surface area contributed by atoms with Crippen LogP contribution in [-0.2, 0) is 10.2 Å². The molecule has 5 nitrogen and oxygen atoms in total. The van der Waals surface area contributed by atoms with Crippen molar-refractivity contribution in [2.24, 2.45) is 4.99 Å². The fourth-order valence-electron chi connectivity index (χ4n) is 5.69. The van der Waals surface area contributed by atoms with E-state index in [9.17, 15) is 0 Å². The molecular weight excluding hydrogens is 408 g/mol. The van der Waals surface area contributed by atoms with Crippen LogP contribution in [0.1, 0.15) is 63.4 Å². The summed E-state index contributed by atoms with van der Waals surface area (Å²) >= 11 is 6.61. The predicted octanol–water partition coefficient (Wildman–Crippen LogP) is 4.35. The number of halogens is 1. The van der Waals surface area contributed by atoms with E-state index in [4.69, 9.17) is 16.3 Å². The van der Waals surface area contributed by atoms with E-state index in [1.165, 1.54) is 63.6 Å². The molecule has 1 aromatic carbocycles. The topological polar surface area (TPSA) is 48.9 Å². The summed E-state index contributed by atoms with van der Waals surface area (Å²) in [7, 11) is 1.87. The molecule has 2 aliphatic heterocycles. The molecule has 2 N–H and O–H groups in total. The summed E-state index contributed by atoms with van der Waals surface area (Å²) in [5, 5.41) is 8.19. The van der Waals surface area contributed by atoms with Crippen LogP contribution in [0.5, 0.6) is 0 Å². The SMILES string of the molecule is CN=C(NCC1(c2ccccc2Cl)CCOCC1)NC1CCN(C2CCCCC2)CC1. The van der Waals surface area contributed by atoms with Gasteiger partial charge in [0.05, 0.1) is 0 Å². The highest BCUT2D eigenvalue weighted by molar-refractivity contribution is 6.31. The van der Waals surface area contributed by atoms with Gasteiger partial charge in [-0.25, -0.2) is 0 Å². The summed E-state index contributed by atoms with van der Waals surface area (Å²) in [6.45, 7) is 4.79. The van der Waals surface area contributed by atoms with E-state index in [0.29, 0.717) is 6.04 Å². The molecule has 0 spiro atoms. The van der Waals surface area contributed by atoms with Gasteiger partial charge in [-0.15, -0.1) is 0 Å². The summed E-state index contributed by atoms with van der Waals surface area (Å²) in [5.41, 5.74) is 1.21. The van der Waals surface area contributed by atoms with Gasteiger partial charge in [0, 0.05) is 62.4 Å². The molecule has 0 atom stereocenters. The van der Waals surface area contributed by atoms with Crippen LogP contribution in [-0.4, -0.2) is 62.8 Å². The number of aliphatic imine (C=N–C) groups is 1. The molecule has 0 bridgehead atoms. The molecule has 6 heteroatoms. The quantitative estimate of drug-likeness (QED) is 0.521. The van der Waals surface area contributed by atoms with Crippen LogP contribution in [0.15, 0.2) is 29.3 Å². The molecule has 3 fully saturated rings. The molecule has 0 aromatic heterocycles. The molecule has 2 heterocycles. The molecule has 0 unspecified atom stereocenters. The molecule has 1 aromatic rings. The van der Waals surface area contributed by atoms with Crippen molar-refractivity contribution in [1.29, 1.82) is 0 Å². The number of nitrogens with zero attached hydrogens (tertiary/aromatic N) is 2. The normalized spacial score (nSPS) is 24.1. The Morgan fingerprint density at radius 3 is 2.48 bits per heavy atom. The minimum atomic E-state index is -0.0153. The van der Waals surface area contributed by atoms with Crippen LogP contribution >= 0.6 is 11.6 Å². The first-order valence-corrected chi connectivity index (χ1v) is 12.6. The van der Waals surface area contributed by atoms with Gasteiger partial charge in [-0.1, -0.05) is 49.1 Å². The van der Waals surface area contributed by atoms with Gasteiger partial charge in [-0.05, 0) is 50.2 Å². The highest BCUT2D eigenvalue weighted by Gasteiger charge is 2.36. The molecule has 4 rings (SSSR count). The van der Waals surface area contributed by atoms with Crippen molar-refractivity contribution in [2.75, 3.05) is 39.9 Å². The Labute approximate surface area is 193 Å². The lowest BCUT2D eigenvalue weighted by molar-refractivity contribution is 0.0513. The minimum absolute atomic E-state index is 0.0153. The van der Waals surface area contributed by atoms with Crippen LogP contribution in [0.4, 0.5) is 0 Å². The number of guanidine groups is 1. The molecular formula is C25H39ClN4O. The number of hydrogen-bond acceptors (Lipinski definition) is 3. The monoisotopic (exact) mass is 446 g/mol. The summed E-state index contributed by atoms with van der Waals surface area (Å²) < 4.78 is 5.68. The molecule has 3 aliphatic rings. The highest BCUT2D eigenvalue weighted by Crippen LogP contribution is 2.38. The van der Waals surface area contributed by atoms with Crippen molar-refractivity contribution >= 4 is 17.6 Å². The van der Waals surface area contributed by atoms with Crippen molar-refractivity contribution < 1.29 is 4.74 Å². The number of piperidine rings is 1. The van der Waals surface area contributed by atoms with Gasteiger partial charge in [0.25, 0.3) is 0 Å². The second kappa shape index (κ2) is 11.0. The van der Waals surface area contributed by atoms with E-state index in [1.54, 1.807) is 0 Å². The van der Waals surface area contributed by atoms with Crippen LogP contribution in [0, 0.1) is 0 Å². The Kier molecular flexibility index (Phi) is 8.13. The van der Waals surface area contributed by atoms with E-state index in [1.807, 2.05) is 19.2 Å².